The van der Waals surface area contributed by atoms with E-state index in [1.165, 1.54) is 0 Å². The van der Waals surface area contributed by atoms with Gasteiger partial charge in [-0.25, -0.2) is 9.98 Å². The number of aliphatic imine (C=N–C) groups is 1. The number of phenolic OH excluding ortho intramolecular Hbond substituents is 1. The first-order valence-electron chi connectivity index (χ1n) is 6.00. The van der Waals surface area contributed by atoms with Crippen LogP contribution in [0.15, 0.2) is 65.8 Å². The first kappa shape index (κ1) is 11.4. The van der Waals surface area contributed by atoms with Crippen molar-refractivity contribution in [2.24, 2.45) is 4.99 Å². The molecule has 0 amide bonds. The van der Waals surface area contributed by atoms with Gasteiger partial charge in [-0.15, -0.1) is 0 Å². The largest absolute Gasteiger partial charge is 0.507 e. The van der Waals surface area contributed by atoms with E-state index < -0.39 is 0 Å². The van der Waals surface area contributed by atoms with E-state index >= 15 is 0 Å². The first-order valence-corrected chi connectivity index (χ1v) is 6.00. The van der Waals surface area contributed by atoms with Gasteiger partial charge in [-0.1, -0.05) is 36.4 Å². The van der Waals surface area contributed by atoms with Crippen molar-refractivity contribution in [3.63, 3.8) is 0 Å². The lowest BCUT2D eigenvalue weighted by Gasteiger charge is -2.03. The van der Waals surface area contributed by atoms with Crippen molar-refractivity contribution in [1.82, 2.24) is 4.98 Å². The molecule has 0 aliphatic rings. The summed E-state index contributed by atoms with van der Waals surface area (Å²) >= 11 is 0. The molecule has 3 heteroatoms. The number of rotatable bonds is 2. The molecule has 3 aromatic rings. The Morgan fingerprint density at radius 1 is 0.947 bits per heavy atom. The van der Waals surface area contributed by atoms with Gasteiger partial charge in [0.1, 0.15) is 5.75 Å². The average molecular weight is 248 g/mol. The predicted octanol–water partition coefficient (Wildman–Crippen LogP) is 3.69. The molecular weight excluding hydrogens is 236 g/mol. The van der Waals surface area contributed by atoms with Crippen LogP contribution in [0.5, 0.6) is 5.75 Å². The zero-order valence-electron chi connectivity index (χ0n) is 10.2. The van der Waals surface area contributed by atoms with Gasteiger partial charge >= 0.3 is 0 Å². The minimum Gasteiger partial charge on any atom is -0.507 e. The molecule has 3 nitrogen and oxygen atoms in total. The fourth-order valence-corrected chi connectivity index (χ4v) is 1.94. The summed E-state index contributed by atoms with van der Waals surface area (Å²) in [5, 5.41) is 12.1. The van der Waals surface area contributed by atoms with Crippen molar-refractivity contribution in [2.75, 3.05) is 0 Å². The maximum atomic E-state index is 10.2. The van der Waals surface area contributed by atoms with Crippen LogP contribution >= 0.6 is 0 Å². The second kappa shape index (κ2) is 4.90. The maximum Gasteiger partial charge on any atom is 0.151 e. The van der Waals surface area contributed by atoms with E-state index in [1.54, 1.807) is 12.4 Å². The highest BCUT2D eigenvalue weighted by molar-refractivity contribution is 5.97. The van der Waals surface area contributed by atoms with Gasteiger partial charge in [0.25, 0.3) is 0 Å². The topological polar surface area (TPSA) is 45.5 Å². The van der Waals surface area contributed by atoms with Gasteiger partial charge in [0.15, 0.2) is 5.82 Å². The highest BCUT2D eigenvalue weighted by Crippen LogP contribution is 2.27. The fraction of sp³-hybridized carbons (Fsp3) is 0. The van der Waals surface area contributed by atoms with Gasteiger partial charge in [0.2, 0.25) is 0 Å². The summed E-state index contributed by atoms with van der Waals surface area (Å²) in [5.74, 6) is 0.868. The summed E-state index contributed by atoms with van der Waals surface area (Å²) in [4.78, 5) is 8.35. The van der Waals surface area contributed by atoms with E-state index in [0.29, 0.717) is 11.4 Å². The lowest BCUT2D eigenvalue weighted by atomic mass is 10.1. The van der Waals surface area contributed by atoms with Crippen LogP contribution in [-0.4, -0.2) is 16.3 Å². The molecule has 0 spiro atoms. The molecule has 3 rings (SSSR count). The van der Waals surface area contributed by atoms with Crippen molar-refractivity contribution in [3.8, 4) is 5.75 Å². The Balaban J connectivity index is 2.02. The molecule has 1 N–H and O–H groups in total. The molecule has 0 atom stereocenters. The average Bonchev–Trinajstić information content (AvgIpc) is 2.48. The lowest BCUT2D eigenvalue weighted by molar-refractivity contribution is 0.481. The molecule has 92 valence electrons. The van der Waals surface area contributed by atoms with Crippen LogP contribution in [0.1, 0.15) is 5.56 Å². The smallest absolute Gasteiger partial charge is 0.151 e. The van der Waals surface area contributed by atoms with E-state index in [0.717, 1.165) is 10.8 Å². The summed E-state index contributed by atoms with van der Waals surface area (Å²) in [6.45, 7) is 0. The van der Waals surface area contributed by atoms with Gasteiger partial charge in [0.05, 0.1) is 0 Å². The van der Waals surface area contributed by atoms with Crippen LogP contribution < -0.4 is 0 Å². The fourth-order valence-electron chi connectivity index (χ4n) is 1.94. The number of fused-ring (bicyclic) bond motifs is 1. The van der Waals surface area contributed by atoms with E-state index in [4.69, 9.17) is 0 Å². The first-order chi connectivity index (χ1) is 9.34. The molecule has 0 saturated carbocycles. The Bertz CT molecular complexity index is 736. The number of pyridine rings is 1. The van der Waals surface area contributed by atoms with E-state index in [1.807, 2.05) is 54.6 Å². The number of phenols is 1. The predicted molar refractivity (Wildman–Crippen MR) is 77.1 cm³/mol. The summed E-state index contributed by atoms with van der Waals surface area (Å²) in [7, 11) is 0. The van der Waals surface area contributed by atoms with Crippen LogP contribution in [0.4, 0.5) is 5.82 Å². The number of hydrogen-bond donors (Lipinski definition) is 1. The van der Waals surface area contributed by atoms with Crippen molar-refractivity contribution < 1.29 is 5.11 Å². The highest BCUT2D eigenvalue weighted by Gasteiger charge is 2.03. The maximum absolute atomic E-state index is 10.2. The van der Waals surface area contributed by atoms with E-state index in [9.17, 15) is 5.11 Å². The number of nitrogens with zero attached hydrogens (tertiary/aromatic N) is 2. The van der Waals surface area contributed by atoms with Gasteiger partial charge in [-0.3, -0.25) is 0 Å². The van der Waals surface area contributed by atoms with Crippen LogP contribution in [0.25, 0.3) is 10.8 Å². The molecule has 1 heterocycles. The van der Waals surface area contributed by atoms with Crippen molar-refractivity contribution in [1.29, 1.82) is 0 Å². The second-order valence-corrected chi connectivity index (χ2v) is 4.17. The van der Waals surface area contributed by atoms with Gasteiger partial charge in [-0.05, 0) is 23.6 Å². The highest BCUT2D eigenvalue weighted by atomic mass is 16.3. The lowest BCUT2D eigenvalue weighted by Crippen LogP contribution is -1.84. The Hall–Kier alpha value is -2.68. The molecule has 0 radical (unpaired) electrons. The van der Waals surface area contributed by atoms with Crippen LogP contribution in [-0.2, 0) is 0 Å². The second-order valence-electron chi connectivity index (χ2n) is 4.17. The third-order valence-electron chi connectivity index (χ3n) is 2.92. The molecule has 0 unspecified atom stereocenters. The monoisotopic (exact) mass is 248 g/mol. The van der Waals surface area contributed by atoms with Gasteiger partial charge < -0.3 is 5.11 Å². The number of aromatic hydroxyl groups is 1. The third kappa shape index (κ3) is 2.31. The normalized spacial score (nSPS) is 11.2. The minimum atomic E-state index is 0.248. The molecule has 0 saturated heterocycles. The van der Waals surface area contributed by atoms with Crippen LogP contribution in [0.3, 0.4) is 0 Å². The molecule has 0 bridgehead atoms. The summed E-state index contributed by atoms with van der Waals surface area (Å²) < 4.78 is 0. The molecule has 0 aliphatic heterocycles. The Labute approximate surface area is 110 Å². The van der Waals surface area contributed by atoms with E-state index in [2.05, 4.69) is 9.98 Å². The molecule has 2 aromatic carbocycles. The Morgan fingerprint density at radius 2 is 1.79 bits per heavy atom. The summed E-state index contributed by atoms with van der Waals surface area (Å²) in [5.41, 5.74) is 0.685. The molecule has 0 fully saturated rings. The number of benzene rings is 2. The molecule has 0 aliphatic carbocycles. The Morgan fingerprint density at radius 3 is 2.63 bits per heavy atom. The summed E-state index contributed by atoms with van der Waals surface area (Å²) in [6, 6.07) is 17.1. The van der Waals surface area contributed by atoms with Crippen molar-refractivity contribution in [3.05, 3.63) is 66.4 Å². The quantitative estimate of drug-likeness (QED) is 0.703. The minimum absolute atomic E-state index is 0.248. The molecular formula is C16H12N2O. The van der Waals surface area contributed by atoms with Crippen molar-refractivity contribution >= 4 is 22.8 Å². The van der Waals surface area contributed by atoms with Gasteiger partial charge in [0, 0.05) is 23.4 Å². The third-order valence-corrected chi connectivity index (χ3v) is 2.92. The van der Waals surface area contributed by atoms with Crippen molar-refractivity contribution in [2.45, 2.75) is 0 Å². The zero-order chi connectivity index (χ0) is 13.1. The molecule has 19 heavy (non-hydrogen) atoms. The van der Waals surface area contributed by atoms with E-state index in [-0.39, 0.29) is 5.75 Å². The SMILES string of the molecule is Oc1c(C=Nc2ccccn2)ccc2ccccc12. The Kier molecular flexibility index (Phi) is 2.94. The van der Waals surface area contributed by atoms with Crippen LogP contribution in [0.2, 0.25) is 0 Å². The number of hydrogen-bond acceptors (Lipinski definition) is 3. The summed E-state index contributed by atoms with van der Waals surface area (Å²) in [6.07, 6.45) is 3.32. The standard InChI is InChI=1S/C16H12N2O/c19-16-13(11-18-15-7-3-4-10-17-15)9-8-12-5-1-2-6-14(12)16/h1-11,19H. The van der Waals surface area contributed by atoms with Crippen LogP contribution in [0, 0.1) is 0 Å². The zero-order valence-corrected chi connectivity index (χ0v) is 10.2. The number of aromatic nitrogens is 1. The van der Waals surface area contributed by atoms with Gasteiger partial charge in [-0.2, -0.15) is 0 Å². The molecule has 1 aromatic heterocycles.